The zero-order chi connectivity index (χ0) is 12.3. The molecule has 92 valence electrons. The molecule has 1 aliphatic heterocycles. The maximum absolute atomic E-state index is 12.3. The predicted octanol–water partition coefficient (Wildman–Crippen LogP) is 1.13. The van der Waals surface area contributed by atoms with Gasteiger partial charge in [-0.2, -0.15) is 0 Å². The zero-order valence-electron chi connectivity index (χ0n) is 9.43. The molecule has 1 fully saturated rings. The van der Waals surface area contributed by atoms with Crippen LogP contribution in [0.1, 0.15) is 19.3 Å². The summed E-state index contributed by atoms with van der Waals surface area (Å²) in [7, 11) is -3.32. The van der Waals surface area contributed by atoms with E-state index in [1.807, 2.05) is 0 Å². The maximum atomic E-state index is 12.3. The fraction of sp³-hybridized carbons (Fsp3) is 0.417. The van der Waals surface area contributed by atoms with E-state index in [1.165, 1.54) is 0 Å². The third-order valence-corrected chi connectivity index (χ3v) is 5.18. The van der Waals surface area contributed by atoms with Gasteiger partial charge < -0.3 is 5.32 Å². The van der Waals surface area contributed by atoms with Gasteiger partial charge in [0.25, 0.3) is 0 Å². The van der Waals surface area contributed by atoms with Gasteiger partial charge >= 0.3 is 0 Å². The van der Waals surface area contributed by atoms with Gasteiger partial charge in [-0.25, -0.2) is 8.42 Å². The minimum atomic E-state index is -3.32. The zero-order valence-corrected chi connectivity index (χ0v) is 10.2. The van der Waals surface area contributed by atoms with Crippen LogP contribution in [0.25, 0.3) is 0 Å². The van der Waals surface area contributed by atoms with Crippen LogP contribution in [0.15, 0.2) is 35.2 Å². The second-order valence-corrected chi connectivity index (χ2v) is 6.40. The minimum Gasteiger partial charge on any atom is -0.355 e. The Kier molecular flexibility index (Phi) is 3.47. The summed E-state index contributed by atoms with van der Waals surface area (Å²) in [6.07, 6.45) is 1.58. The summed E-state index contributed by atoms with van der Waals surface area (Å²) in [6, 6.07) is 8.41. The molecule has 5 heteroatoms. The molecule has 1 heterocycles. The van der Waals surface area contributed by atoms with Crippen molar-refractivity contribution in [3.8, 4) is 0 Å². The van der Waals surface area contributed by atoms with E-state index >= 15 is 0 Å². The maximum Gasteiger partial charge on any atom is 0.220 e. The Morgan fingerprint density at radius 2 is 1.88 bits per heavy atom. The van der Waals surface area contributed by atoms with Crippen molar-refractivity contribution in [3.63, 3.8) is 0 Å². The summed E-state index contributed by atoms with van der Waals surface area (Å²) in [5.41, 5.74) is 0. The number of hydrogen-bond donors (Lipinski definition) is 1. The number of rotatable bonds is 2. The van der Waals surface area contributed by atoms with E-state index in [1.54, 1.807) is 30.3 Å². The third kappa shape index (κ3) is 2.66. The van der Waals surface area contributed by atoms with Gasteiger partial charge in [0, 0.05) is 13.0 Å². The second kappa shape index (κ2) is 4.87. The molecule has 0 aliphatic carbocycles. The summed E-state index contributed by atoms with van der Waals surface area (Å²) in [6.45, 7) is 0.218. The lowest BCUT2D eigenvalue weighted by Gasteiger charge is -2.14. The van der Waals surface area contributed by atoms with Crippen molar-refractivity contribution in [2.24, 2.45) is 0 Å². The molecule has 1 N–H and O–H groups in total. The molecule has 1 saturated heterocycles. The quantitative estimate of drug-likeness (QED) is 0.859. The largest absolute Gasteiger partial charge is 0.355 e. The number of carbonyl (C=O) groups excluding carboxylic acids is 1. The van der Waals surface area contributed by atoms with Gasteiger partial charge in [-0.3, -0.25) is 4.79 Å². The van der Waals surface area contributed by atoms with E-state index < -0.39 is 15.1 Å². The van der Waals surface area contributed by atoms with E-state index in [4.69, 9.17) is 0 Å². The van der Waals surface area contributed by atoms with Gasteiger partial charge in [-0.1, -0.05) is 18.2 Å². The lowest BCUT2D eigenvalue weighted by molar-refractivity contribution is -0.120. The second-order valence-electron chi connectivity index (χ2n) is 4.18. The standard InChI is InChI=1S/C12H15NO3S/c14-12-8-4-7-11(9-13-12)17(15,16)10-5-2-1-3-6-10/h1-3,5-6,11H,4,7-9H2,(H,13,14). The van der Waals surface area contributed by atoms with Gasteiger partial charge in [-0.05, 0) is 25.0 Å². The number of hydrogen-bond acceptors (Lipinski definition) is 3. The van der Waals surface area contributed by atoms with Crippen molar-refractivity contribution in [2.45, 2.75) is 29.4 Å². The van der Waals surface area contributed by atoms with Gasteiger partial charge in [0.1, 0.15) is 0 Å². The number of benzene rings is 1. The van der Waals surface area contributed by atoms with E-state index in [0.717, 1.165) is 0 Å². The minimum absolute atomic E-state index is 0.0595. The smallest absolute Gasteiger partial charge is 0.220 e. The topological polar surface area (TPSA) is 63.2 Å². The Hall–Kier alpha value is -1.36. The predicted molar refractivity (Wildman–Crippen MR) is 64.3 cm³/mol. The van der Waals surface area contributed by atoms with Gasteiger partial charge in [0.2, 0.25) is 5.91 Å². The van der Waals surface area contributed by atoms with E-state index in [9.17, 15) is 13.2 Å². The fourth-order valence-corrected chi connectivity index (χ4v) is 3.68. The molecular weight excluding hydrogens is 238 g/mol. The van der Waals surface area contributed by atoms with E-state index in [2.05, 4.69) is 5.32 Å². The molecule has 1 atom stereocenters. The molecular formula is C12H15NO3S. The molecule has 0 radical (unpaired) electrons. The van der Waals surface area contributed by atoms with Crippen LogP contribution in [0.2, 0.25) is 0 Å². The molecule has 1 amide bonds. The molecule has 17 heavy (non-hydrogen) atoms. The molecule has 2 rings (SSSR count). The number of nitrogens with one attached hydrogen (secondary N) is 1. The Balaban J connectivity index is 2.24. The third-order valence-electron chi connectivity index (χ3n) is 2.97. The average Bonchev–Trinajstić information content (AvgIpc) is 2.55. The summed E-state index contributed by atoms with van der Waals surface area (Å²) in [5.74, 6) is -0.0595. The number of amides is 1. The monoisotopic (exact) mass is 253 g/mol. The normalized spacial score (nSPS) is 21.6. The highest BCUT2D eigenvalue weighted by Gasteiger charge is 2.29. The Labute approximate surface area is 101 Å². The van der Waals surface area contributed by atoms with Crippen LogP contribution in [0, 0.1) is 0 Å². The van der Waals surface area contributed by atoms with Crippen molar-refractivity contribution in [3.05, 3.63) is 30.3 Å². The molecule has 1 aromatic rings. The Morgan fingerprint density at radius 1 is 1.18 bits per heavy atom. The fourth-order valence-electron chi connectivity index (χ4n) is 1.98. The lowest BCUT2D eigenvalue weighted by Crippen LogP contribution is -2.33. The van der Waals surface area contributed by atoms with Gasteiger partial charge in [0.15, 0.2) is 9.84 Å². The van der Waals surface area contributed by atoms with Gasteiger partial charge in [-0.15, -0.1) is 0 Å². The Morgan fingerprint density at radius 3 is 2.59 bits per heavy atom. The highest BCUT2D eigenvalue weighted by Crippen LogP contribution is 2.20. The lowest BCUT2D eigenvalue weighted by atomic mass is 10.2. The van der Waals surface area contributed by atoms with Crippen LogP contribution in [0.3, 0.4) is 0 Å². The van der Waals surface area contributed by atoms with Crippen LogP contribution < -0.4 is 5.32 Å². The van der Waals surface area contributed by atoms with Crippen molar-refractivity contribution in [2.75, 3.05) is 6.54 Å². The molecule has 1 aliphatic rings. The van der Waals surface area contributed by atoms with Crippen LogP contribution in [0.4, 0.5) is 0 Å². The summed E-state index contributed by atoms with van der Waals surface area (Å²) < 4.78 is 24.6. The Bertz CT molecular complexity index is 496. The van der Waals surface area contributed by atoms with Crippen molar-refractivity contribution in [1.29, 1.82) is 0 Å². The molecule has 0 bridgehead atoms. The first kappa shape index (κ1) is 12.1. The summed E-state index contributed by atoms with van der Waals surface area (Å²) >= 11 is 0. The molecule has 0 saturated carbocycles. The highest BCUT2D eigenvalue weighted by atomic mass is 32.2. The first-order valence-electron chi connectivity index (χ1n) is 5.66. The molecule has 1 aromatic carbocycles. The van der Waals surface area contributed by atoms with Gasteiger partial charge in [0.05, 0.1) is 10.1 Å². The number of sulfone groups is 1. The van der Waals surface area contributed by atoms with Crippen molar-refractivity contribution < 1.29 is 13.2 Å². The first-order valence-corrected chi connectivity index (χ1v) is 7.21. The SMILES string of the molecule is O=C1CCCC(S(=O)(=O)c2ccccc2)CN1. The van der Waals surface area contributed by atoms with Crippen LogP contribution in [0.5, 0.6) is 0 Å². The molecule has 0 spiro atoms. The summed E-state index contributed by atoms with van der Waals surface area (Å²) in [5, 5.41) is 2.15. The summed E-state index contributed by atoms with van der Waals surface area (Å²) in [4.78, 5) is 11.5. The average molecular weight is 253 g/mol. The number of carbonyl (C=O) groups is 1. The van der Waals surface area contributed by atoms with Crippen LogP contribution in [-0.4, -0.2) is 26.1 Å². The first-order chi connectivity index (χ1) is 8.10. The van der Waals surface area contributed by atoms with Crippen molar-refractivity contribution in [1.82, 2.24) is 5.32 Å². The van der Waals surface area contributed by atoms with E-state index in [0.29, 0.717) is 24.2 Å². The van der Waals surface area contributed by atoms with Crippen LogP contribution in [-0.2, 0) is 14.6 Å². The van der Waals surface area contributed by atoms with E-state index in [-0.39, 0.29) is 12.5 Å². The highest BCUT2D eigenvalue weighted by molar-refractivity contribution is 7.92. The molecule has 1 unspecified atom stereocenters. The van der Waals surface area contributed by atoms with Crippen LogP contribution >= 0.6 is 0 Å². The molecule has 4 nitrogen and oxygen atoms in total. The molecule has 0 aromatic heterocycles. The van der Waals surface area contributed by atoms with Crippen molar-refractivity contribution >= 4 is 15.7 Å².